The number of amides is 1. The lowest BCUT2D eigenvalue weighted by molar-refractivity contribution is -0.121. The van der Waals surface area contributed by atoms with Crippen molar-refractivity contribution in [1.29, 1.82) is 0 Å². The van der Waals surface area contributed by atoms with Crippen LogP contribution in [0.15, 0.2) is 78.0 Å². The number of fused-ring (bicyclic) bond motifs is 1. The van der Waals surface area contributed by atoms with Crippen molar-refractivity contribution in [3.63, 3.8) is 0 Å². The topological polar surface area (TPSA) is 92.7 Å². The Hall–Kier alpha value is -3.75. The van der Waals surface area contributed by atoms with Crippen LogP contribution in [0, 0.1) is 0 Å². The van der Waals surface area contributed by atoms with Gasteiger partial charge in [-0.05, 0) is 49.1 Å². The van der Waals surface area contributed by atoms with Crippen molar-refractivity contribution in [1.82, 2.24) is 24.8 Å². The standard InChI is InChI=1S/C27H24ClN5O2S/c28-25-10-9-24(36-25)23-16-30-22(8-4-7-18-5-2-1-3-6-18)27(35)33(23)17-26(34)31-15-20-13-19-14-29-12-11-21(19)32-20/h1-3,5-6,9-14,16,32H,4,7-8,15,17H2,(H,31,34). The highest BCUT2D eigenvalue weighted by atomic mass is 35.5. The minimum atomic E-state index is -0.265. The molecule has 0 bridgehead atoms. The smallest absolute Gasteiger partial charge is 0.273 e. The summed E-state index contributed by atoms with van der Waals surface area (Å²) in [7, 11) is 0. The molecule has 0 aliphatic carbocycles. The molecule has 0 atom stereocenters. The number of carbonyl (C=O) groups excluding carboxylic acids is 1. The fraction of sp³-hybridized carbons (Fsp3) is 0.185. The molecule has 7 nitrogen and oxygen atoms in total. The maximum absolute atomic E-state index is 13.4. The second kappa shape index (κ2) is 10.9. The highest BCUT2D eigenvalue weighted by Gasteiger charge is 2.16. The number of aromatic amines is 1. The third kappa shape index (κ3) is 5.56. The maximum Gasteiger partial charge on any atom is 0.273 e. The second-order valence-electron chi connectivity index (χ2n) is 8.46. The van der Waals surface area contributed by atoms with Gasteiger partial charge in [0.2, 0.25) is 5.91 Å². The normalized spacial score (nSPS) is 11.1. The van der Waals surface area contributed by atoms with Crippen LogP contribution in [0.4, 0.5) is 0 Å². The summed E-state index contributed by atoms with van der Waals surface area (Å²) in [6.07, 6.45) is 7.32. The molecule has 182 valence electrons. The lowest BCUT2D eigenvalue weighted by atomic mass is 10.1. The average molecular weight is 518 g/mol. The van der Waals surface area contributed by atoms with Gasteiger partial charge < -0.3 is 10.3 Å². The summed E-state index contributed by atoms with van der Waals surface area (Å²) in [6, 6.07) is 17.6. The molecule has 1 aromatic carbocycles. The Balaban J connectivity index is 1.33. The van der Waals surface area contributed by atoms with Crippen LogP contribution < -0.4 is 10.9 Å². The first kappa shape index (κ1) is 24.0. The number of aromatic nitrogens is 4. The Morgan fingerprint density at radius 1 is 1.08 bits per heavy atom. The van der Waals surface area contributed by atoms with Crippen LogP contribution in [0.3, 0.4) is 0 Å². The van der Waals surface area contributed by atoms with Gasteiger partial charge in [-0.1, -0.05) is 41.9 Å². The van der Waals surface area contributed by atoms with E-state index in [-0.39, 0.29) is 18.0 Å². The van der Waals surface area contributed by atoms with Crippen molar-refractivity contribution in [3.8, 4) is 10.6 Å². The summed E-state index contributed by atoms with van der Waals surface area (Å²) in [5, 5.41) is 3.89. The molecule has 0 unspecified atom stereocenters. The van der Waals surface area contributed by atoms with Gasteiger partial charge in [0.25, 0.3) is 5.56 Å². The molecule has 9 heteroatoms. The Morgan fingerprint density at radius 3 is 2.72 bits per heavy atom. The van der Waals surface area contributed by atoms with Gasteiger partial charge in [-0.2, -0.15) is 0 Å². The first-order chi connectivity index (χ1) is 17.6. The lowest BCUT2D eigenvalue weighted by Gasteiger charge is -2.13. The SMILES string of the molecule is O=C(Cn1c(-c2ccc(Cl)s2)cnc(CCCc2ccccc2)c1=O)NCc1cc2cnccc2[nH]1. The summed E-state index contributed by atoms with van der Waals surface area (Å²) < 4.78 is 2.10. The zero-order chi connectivity index (χ0) is 24.9. The molecule has 0 spiro atoms. The molecule has 4 aromatic heterocycles. The van der Waals surface area contributed by atoms with Crippen LogP contribution >= 0.6 is 22.9 Å². The van der Waals surface area contributed by atoms with Gasteiger partial charge in [-0.25, -0.2) is 0 Å². The molecule has 5 rings (SSSR count). The Morgan fingerprint density at radius 2 is 1.94 bits per heavy atom. The van der Waals surface area contributed by atoms with Crippen molar-refractivity contribution in [2.75, 3.05) is 0 Å². The van der Waals surface area contributed by atoms with Crippen molar-refractivity contribution >= 4 is 39.7 Å². The van der Waals surface area contributed by atoms with E-state index >= 15 is 0 Å². The highest BCUT2D eigenvalue weighted by Crippen LogP contribution is 2.30. The van der Waals surface area contributed by atoms with Crippen molar-refractivity contribution in [2.45, 2.75) is 32.4 Å². The zero-order valence-electron chi connectivity index (χ0n) is 19.4. The first-order valence-electron chi connectivity index (χ1n) is 11.6. The Kier molecular flexibility index (Phi) is 7.25. The number of nitrogens with zero attached hydrogens (tertiary/aromatic N) is 3. The summed E-state index contributed by atoms with van der Waals surface area (Å²) in [5.74, 6) is -0.265. The van der Waals surface area contributed by atoms with E-state index in [1.807, 2.05) is 36.4 Å². The van der Waals surface area contributed by atoms with Gasteiger partial charge >= 0.3 is 0 Å². The third-order valence-corrected chi connectivity index (χ3v) is 7.18. The number of aryl methyl sites for hydroxylation is 2. The van der Waals surface area contributed by atoms with Crippen molar-refractivity contribution < 1.29 is 4.79 Å². The number of rotatable bonds is 9. The molecular formula is C27H24ClN5O2S. The Labute approximate surface area is 216 Å². The fourth-order valence-corrected chi connectivity index (χ4v) is 5.19. The molecule has 0 aliphatic heterocycles. The minimum Gasteiger partial charge on any atom is -0.357 e. The molecule has 0 radical (unpaired) electrons. The van der Waals surface area contributed by atoms with Gasteiger partial charge in [-0.3, -0.25) is 24.1 Å². The number of pyridine rings is 1. The number of hydrogen-bond donors (Lipinski definition) is 2. The number of carbonyl (C=O) groups is 1. The van der Waals surface area contributed by atoms with Gasteiger partial charge in [-0.15, -0.1) is 11.3 Å². The molecule has 36 heavy (non-hydrogen) atoms. The van der Waals surface area contributed by atoms with Crippen LogP contribution in [0.1, 0.15) is 23.4 Å². The molecule has 1 amide bonds. The zero-order valence-corrected chi connectivity index (χ0v) is 21.0. The summed E-state index contributed by atoms with van der Waals surface area (Å²) >= 11 is 7.49. The van der Waals surface area contributed by atoms with E-state index in [0.717, 1.165) is 34.3 Å². The highest BCUT2D eigenvalue weighted by molar-refractivity contribution is 7.19. The summed E-state index contributed by atoms with van der Waals surface area (Å²) in [6.45, 7) is 0.205. The number of hydrogen-bond acceptors (Lipinski definition) is 5. The molecule has 0 fully saturated rings. The van der Waals surface area contributed by atoms with E-state index in [4.69, 9.17) is 11.6 Å². The van der Waals surface area contributed by atoms with Crippen LogP contribution in [-0.4, -0.2) is 25.4 Å². The molecular weight excluding hydrogens is 494 g/mol. The second-order valence-corrected chi connectivity index (χ2v) is 10.2. The monoisotopic (exact) mass is 517 g/mol. The van der Waals surface area contributed by atoms with Gasteiger partial charge in [0.1, 0.15) is 12.2 Å². The number of H-pyrrole nitrogens is 1. The predicted octanol–water partition coefficient (Wildman–Crippen LogP) is 4.99. The fourth-order valence-electron chi connectivity index (χ4n) is 4.13. The van der Waals surface area contributed by atoms with E-state index < -0.39 is 0 Å². The number of thiophene rings is 1. The quantitative estimate of drug-likeness (QED) is 0.288. The van der Waals surface area contributed by atoms with E-state index in [2.05, 4.69) is 32.4 Å². The van der Waals surface area contributed by atoms with Crippen molar-refractivity contribution in [2.24, 2.45) is 0 Å². The molecule has 0 aliphatic rings. The largest absolute Gasteiger partial charge is 0.357 e. The molecule has 0 saturated heterocycles. The van der Waals surface area contributed by atoms with E-state index in [9.17, 15) is 9.59 Å². The predicted molar refractivity (Wildman–Crippen MR) is 143 cm³/mol. The maximum atomic E-state index is 13.4. The van der Waals surface area contributed by atoms with Crippen LogP contribution in [0.2, 0.25) is 4.34 Å². The van der Waals surface area contributed by atoms with Crippen LogP contribution in [-0.2, 0) is 30.7 Å². The van der Waals surface area contributed by atoms with Gasteiger partial charge in [0, 0.05) is 29.0 Å². The number of halogens is 1. The number of nitrogens with one attached hydrogen (secondary N) is 2. The third-order valence-electron chi connectivity index (χ3n) is 5.93. The molecule has 0 saturated carbocycles. The van der Waals surface area contributed by atoms with Crippen LogP contribution in [0.25, 0.3) is 21.5 Å². The average Bonchev–Trinajstić information content (AvgIpc) is 3.51. The van der Waals surface area contributed by atoms with Crippen molar-refractivity contribution in [3.05, 3.63) is 105 Å². The Bertz CT molecular complexity index is 1520. The van der Waals surface area contributed by atoms with Gasteiger partial charge in [0.05, 0.1) is 27.6 Å². The number of benzene rings is 1. The molecule has 4 heterocycles. The molecule has 5 aromatic rings. The summed E-state index contributed by atoms with van der Waals surface area (Å²) in [4.78, 5) is 39.0. The minimum absolute atomic E-state index is 0.111. The van der Waals surface area contributed by atoms with E-state index in [0.29, 0.717) is 28.7 Å². The summed E-state index contributed by atoms with van der Waals surface area (Å²) in [5.41, 5.74) is 3.81. The van der Waals surface area contributed by atoms with Crippen LogP contribution in [0.5, 0.6) is 0 Å². The van der Waals surface area contributed by atoms with E-state index in [1.54, 1.807) is 24.7 Å². The lowest BCUT2D eigenvalue weighted by Crippen LogP contribution is -2.34. The molecule has 2 N–H and O–H groups in total. The first-order valence-corrected chi connectivity index (χ1v) is 12.8. The van der Waals surface area contributed by atoms with Gasteiger partial charge in [0.15, 0.2) is 0 Å². The van der Waals surface area contributed by atoms with E-state index in [1.165, 1.54) is 21.5 Å².